The molecule has 6 nitrogen and oxygen atoms in total. The number of ether oxygens (including phenoxy) is 2. The zero-order chi connectivity index (χ0) is 20.1. The van der Waals surface area contributed by atoms with Gasteiger partial charge in [0.1, 0.15) is 12.4 Å². The Morgan fingerprint density at radius 1 is 1.04 bits per heavy atom. The van der Waals surface area contributed by atoms with Crippen LogP contribution in [-0.2, 0) is 21.4 Å². The van der Waals surface area contributed by atoms with Crippen molar-refractivity contribution in [3.05, 3.63) is 59.2 Å². The number of esters is 1. The number of carbonyl (C=O) groups is 1. The van der Waals surface area contributed by atoms with Gasteiger partial charge in [-0.15, -0.1) is 0 Å². The second-order valence-electron chi connectivity index (χ2n) is 6.88. The monoisotopic (exact) mass is 403 g/mol. The minimum atomic E-state index is -3.51. The fraction of sp³-hybridized carbons (Fsp3) is 0.381. The SMILES string of the molecule is COc1ccc(C)cc1COC(=O)c1ccc(S(=O)(=O)N2CCCCC2)cc1. The van der Waals surface area contributed by atoms with Crippen molar-refractivity contribution in [1.82, 2.24) is 4.31 Å². The molecule has 3 rings (SSSR count). The van der Waals surface area contributed by atoms with E-state index < -0.39 is 16.0 Å². The molecule has 0 aromatic heterocycles. The van der Waals surface area contributed by atoms with E-state index in [0.717, 1.165) is 30.4 Å². The Bertz CT molecular complexity index is 932. The maximum Gasteiger partial charge on any atom is 0.338 e. The van der Waals surface area contributed by atoms with Crippen LogP contribution >= 0.6 is 0 Å². The van der Waals surface area contributed by atoms with E-state index in [1.54, 1.807) is 7.11 Å². The van der Waals surface area contributed by atoms with Crippen molar-refractivity contribution < 1.29 is 22.7 Å². The molecule has 2 aromatic carbocycles. The molecule has 0 atom stereocenters. The third kappa shape index (κ3) is 4.54. The maximum absolute atomic E-state index is 12.7. The molecule has 0 unspecified atom stereocenters. The van der Waals surface area contributed by atoms with Crippen molar-refractivity contribution in [2.75, 3.05) is 20.2 Å². The fourth-order valence-electron chi connectivity index (χ4n) is 3.26. The van der Waals surface area contributed by atoms with Crippen LogP contribution < -0.4 is 4.74 Å². The lowest BCUT2D eigenvalue weighted by Gasteiger charge is -2.25. The summed E-state index contributed by atoms with van der Waals surface area (Å²) in [7, 11) is -1.94. The average Bonchev–Trinajstić information content (AvgIpc) is 2.73. The van der Waals surface area contributed by atoms with Crippen LogP contribution in [0.3, 0.4) is 0 Å². The van der Waals surface area contributed by atoms with Gasteiger partial charge in [-0.3, -0.25) is 0 Å². The van der Waals surface area contributed by atoms with Gasteiger partial charge in [0.15, 0.2) is 0 Å². The molecule has 0 saturated carbocycles. The van der Waals surface area contributed by atoms with Crippen LogP contribution in [0.1, 0.15) is 40.7 Å². The van der Waals surface area contributed by atoms with Gasteiger partial charge in [0.25, 0.3) is 0 Å². The molecule has 1 saturated heterocycles. The normalized spacial score (nSPS) is 15.2. The standard InChI is InChI=1S/C21H25NO5S/c1-16-6-11-20(26-2)18(14-16)15-27-21(23)17-7-9-19(10-8-17)28(24,25)22-12-4-3-5-13-22/h6-11,14H,3-5,12-13,15H2,1-2H3. The molecule has 2 aromatic rings. The van der Waals surface area contributed by atoms with Crippen LogP contribution in [0.15, 0.2) is 47.4 Å². The molecular weight excluding hydrogens is 378 g/mol. The van der Waals surface area contributed by atoms with Crippen LogP contribution in [0.25, 0.3) is 0 Å². The molecule has 1 aliphatic heterocycles. The first kappa shape index (κ1) is 20.4. The van der Waals surface area contributed by atoms with Crippen LogP contribution in [-0.4, -0.2) is 38.9 Å². The number of benzene rings is 2. The highest BCUT2D eigenvalue weighted by Gasteiger charge is 2.26. The summed E-state index contributed by atoms with van der Waals surface area (Å²) in [5.41, 5.74) is 2.13. The smallest absolute Gasteiger partial charge is 0.338 e. The van der Waals surface area contributed by atoms with E-state index in [-0.39, 0.29) is 11.5 Å². The van der Waals surface area contributed by atoms with E-state index in [2.05, 4.69) is 0 Å². The van der Waals surface area contributed by atoms with Gasteiger partial charge in [0, 0.05) is 18.7 Å². The quantitative estimate of drug-likeness (QED) is 0.690. The van der Waals surface area contributed by atoms with Crippen molar-refractivity contribution in [2.24, 2.45) is 0 Å². The van der Waals surface area contributed by atoms with Crippen LogP contribution in [0.4, 0.5) is 0 Å². The number of hydrogen-bond donors (Lipinski definition) is 0. The molecule has 0 spiro atoms. The molecule has 0 amide bonds. The van der Waals surface area contributed by atoms with Crippen molar-refractivity contribution in [2.45, 2.75) is 37.7 Å². The molecule has 0 bridgehead atoms. The number of carbonyl (C=O) groups excluding carboxylic acids is 1. The highest BCUT2D eigenvalue weighted by Crippen LogP contribution is 2.23. The predicted octanol–water partition coefficient (Wildman–Crippen LogP) is 3.54. The second kappa shape index (κ2) is 8.75. The highest BCUT2D eigenvalue weighted by atomic mass is 32.2. The zero-order valence-electron chi connectivity index (χ0n) is 16.2. The Kier molecular flexibility index (Phi) is 6.36. The fourth-order valence-corrected chi connectivity index (χ4v) is 4.78. The number of hydrogen-bond acceptors (Lipinski definition) is 5. The van der Waals surface area contributed by atoms with Crippen LogP contribution in [0.5, 0.6) is 5.75 Å². The summed E-state index contributed by atoms with van der Waals surface area (Å²) in [4.78, 5) is 12.5. The largest absolute Gasteiger partial charge is 0.496 e. The van der Waals surface area contributed by atoms with E-state index in [1.165, 1.54) is 28.6 Å². The summed E-state index contributed by atoms with van der Waals surface area (Å²) in [6.07, 6.45) is 2.82. The molecule has 7 heteroatoms. The number of methoxy groups -OCH3 is 1. The Balaban J connectivity index is 1.68. The van der Waals surface area contributed by atoms with Crippen molar-refractivity contribution in [3.8, 4) is 5.75 Å². The number of nitrogens with zero attached hydrogens (tertiary/aromatic N) is 1. The summed E-state index contributed by atoms with van der Waals surface area (Å²) in [6.45, 7) is 3.12. The molecule has 1 aliphatic rings. The van der Waals surface area contributed by atoms with E-state index in [9.17, 15) is 13.2 Å². The summed E-state index contributed by atoms with van der Waals surface area (Å²) < 4.78 is 37.5. The Morgan fingerprint density at radius 2 is 1.71 bits per heavy atom. The number of aryl methyl sites for hydroxylation is 1. The zero-order valence-corrected chi connectivity index (χ0v) is 17.0. The van der Waals surface area contributed by atoms with Gasteiger partial charge in [-0.25, -0.2) is 13.2 Å². The summed E-state index contributed by atoms with van der Waals surface area (Å²) in [6, 6.07) is 11.6. The topological polar surface area (TPSA) is 72.9 Å². The predicted molar refractivity (Wildman–Crippen MR) is 106 cm³/mol. The van der Waals surface area contributed by atoms with Gasteiger partial charge in [-0.1, -0.05) is 18.1 Å². The highest BCUT2D eigenvalue weighted by molar-refractivity contribution is 7.89. The van der Waals surface area contributed by atoms with Gasteiger partial charge < -0.3 is 9.47 Å². The van der Waals surface area contributed by atoms with E-state index >= 15 is 0 Å². The third-order valence-corrected chi connectivity index (χ3v) is 6.75. The Hall–Kier alpha value is -2.38. The molecule has 28 heavy (non-hydrogen) atoms. The molecule has 0 radical (unpaired) electrons. The summed E-state index contributed by atoms with van der Waals surface area (Å²) in [5.74, 6) is 0.145. The molecular formula is C21H25NO5S. The first-order chi connectivity index (χ1) is 13.4. The van der Waals surface area contributed by atoms with Gasteiger partial charge in [-0.2, -0.15) is 4.31 Å². The summed E-state index contributed by atoms with van der Waals surface area (Å²) >= 11 is 0. The summed E-state index contributed by atoms with van der Waals surface area (Å²) in [5, 5.41) is 0. The molecule has 1 fully saturated rings. The minimum Gasteiger partial charge on any atom is -0.496 e. The Labute approximate surface area is 166 Å². The first-order valence-electron chi connectivity index (χ1n) is 9.32. The van der Waals surface area contributed by atoms with Gasteiger partial charge in [0.2, 0.25) is 10.0 Å². The van der Waals surface area contributed by atoms with Crippen LogP contribution in [0, 0.1) is 6.92 Å². The van der Waals surface area contributed by atoms with E-state index in [1.807, 2.05) is 25.1 Å². The van der Waals surface area contributed by atoms with E-state index in [0.29, 0.717) is 24.4 Å². The van der Waals surface area contributed by atoms with Crippen molar-refractivity contribution in [1.29, 1.82) is 0 Å². The van der Waals surface area contributed by atoms with Crippen molar-refractivity contribution >= 4 is 16.0 Å². The molecule has 0 aliphatic carbocycles. The minimum absolute atomic E-state index is 0.0809. The van der Waals surface area contributed by atoms with Crippen molar-refractivity contribution in [3.63, 3.8) is 0 Å². The number of sulfonamides is 1. The number of piperidine rings is 1. The lowest BCUT2D eigenvalue weighted by atomic mass is 10.1. The lowest BCUT2D eigenvalue weighted by molar-refractivity contribution is 0.0470. The van der Waals surface area contributed by atoms with Gasteiger partial charge in [-0.05, 0) is 56.2 Å². The number of rotatable bonds is 6. The first-order valence-corrected chi connectivity index (χ1v) is 10.8. The van der Waals surface area contributed by atoms with Crippen LogP contribution in [0.2, 0.25) is 0 Å². The Morgan fingerprint density at radius 3 is 2.36 bits per heavy atom. The maximum atomic E-state index is 12.7. The molecule has 0 N–H and O–H groups in total. The molecule has 150 valence electrons. The molecule has 1 heterocycles. The van der Waals surface area contributed by atoms with Gasteiger partial charge in [0.05, 0.1) is 17.6 Å². The lowest BCUT2D eigenvalue weighted by Crippen LogP contribution is -2.35. The van der Waals surface area contributed by atoms with Gasteiger partial charge >= 0.3 is 5.97 Å². The third-order valence-electron chi connectivity index (χ3n) is 4.84. The average molecular weight is 404 g/mol. The second-order valence-corrected chi connectivity index (χ2v) is 8.82. The van der Waals surface area contributed by atoms with E-state index in [4.69, 9.17) is 9.47 Å².